The summed E-state index contributed by atoms with van der Waals surface area (Å²) in [5, 5.41) is 7.44. The van der Waals surface area contributed by atoms with Crippen LogP contribution in [0.15, 0.2) is 36.8 Å². The van der Waals surface area contributed by atoms with Gasteiger partial charge >= 0.3 is 5.97 Å². The van der Waals surface area contributed by atoms with E-state index >= 15 is 0 Å². The Balaban J connectivity index is 1.24. The number of nitrogens with one attached hydrogen (secondary N) is 1. The molecule has 9 nitrogen and oxygen atoms in total. The zero-order chi connectivity index (χ0) is 33.2. The molecule has 4 fully saturated rings. The second-order valence-corrected chi connectivity index (χ2v) is 14.7. The molecule has 252 valence electrons. The lowest BCUT2D eigenvalue weighted by molar-refractivity contribution is -0.144. The predicted octanol–water partition coefficient (Wildman–Crippen LogP) is 7.69. The first-order valence-corrected chi connectivity index (χ1v) is 17.6. The summed E-state index contributed by atoms with van der Waals surface area (Å²) in [6.45, 7) is 9.31. The van der Waals surface area contributed by atoms with Gasteiger partial charge in [0.05, 0.1) is 25.6 Å². The van der Waals surface area contributed by atoms with Gasteiger partial charge in [-0.1, -0.05) is 26.0 Å². The molecular formula is C38H51N5O4. The van der Waals surface area contributed by atoms with Gasteiger partial charge in [-0.15, -0.1) is 0 Å². The van der Waals surface area contributed by atoms with E-state index in [0.717, 1.165) is 86.9 Å². The van der Waals surface area contributed by atoms with Crippen LogP contribution in [0.1, 0.15) is 114 Å². The monoisotopic (exact) mass is 641 g/mol. The van der Waals surface area contributed by atoms with Crippen molar-refractivity contribution in [3.05, 3.63) is 53.6 Å². The smallest absolute Gasteiger partial charge is 0.306 e. The average molecular weight is 642 g/mol. The summed E-state index contributed by atoms with van der Waals surface area (Å²) in [5.74, 6) is 2.08. The molecule has 2 bridgehead atoms. The van der Waals surface area contributed by atoms with Gasteiger partial charge in [0.25, 0.3) is 0 Å². The molecular weight excluding hydrogens is 590 g/mol. The number of hydrogen-bond donors (Lipinski definition) is 1. The Kier molecular flexibility index (Phi) is 9.72. The van der Waals surface area contributed by atoms with E-state index < -0.39 is 0 Å². The summed E-state index contributed by atoms with van der Waals surface area (Å²) >= 11 is 0. The van der Waals surface area contributed by atoms with Crippen LogP contribution in [0.2, 0.25) is 0 Å². The Morgan fingerprint density at radius 2 is 1.74 bits per heavy atom. The third-order valence-electron chi connectivity index (χ3n) is 11.6. The van der Waals surface area contributed by atoms with E-state index in [1.54, 1.807) is 13.4 Å². The molecule has 4 aliphatic carbocycles. The number of fused-ring (bicyclic) bond motifs is 3. The van der Waals surface area contributed by atoms with E-state index in [2.05, 4.69) is 54.2 Å². The fourth-order valence-corrected chi connectivity index (χ4v) is 8.62. The number of aromatic nitrogens is 4. The van der Waals surface area contributed by atoms with E-state index in [9.17, 15) is 9.59 Å². The second kappa shape index (κ2) is 13.8. The first-order valence-electron chi connectivity index (χ1n) is 17.6. The summed E-state index contributed by atoms with van der Waals surface area (Å²) in [7, 11) is 1.73. The lowest BCUT2D eigenvalue weighted by Gasteiger charge is -2.55. The lowest BCUT2D eigenvalue weighted by atomic mass is 9.51. The molecule has 3 aromatic rings. The highest BCUT2D eigenvalue weighted by molar-refractivity contribution is 5.94. The molecule has 7 rings (SSSR count). The van der Waals surface area contributed by atoms with E-state index in [0.29, 0.717) is 25.4 Å². The van der Waals surface area contributed by atoms with Gasteiger partial charge in [0.1, 0.15) is 17.9 Å². The molecule has 2 heterocycles. The van der Waals surface area contributed by atoms with Gasteiger partial charge in [0, 0.05) is 36.2 Å². The number of nitrogens with zero attached hydrogens (tertiary/aromatic N) is 4. The Bertz CT molecular complexity index is 1550. The lowest BCUT2D eigenvalue weighted by Crippen LogP contribution is -2.52. The van der Waals surface area contributed by atoms with Gasteiger partial charge in [-0.05, 0) is 118 Å². The standard InChI is InChI=1S/C38H51N5O4/c1-6-47-34(44)20-27-7-9-28(10-8-27)36(45)43(33-21-31(39-24-40-33)30-22-41-42-35(30)25(2)3)23-37-13-16-38(17-14-37,18-15-37)29-11-12-32(46-5)26(4)19-29/h11-12,19,21-22,24-25,27-28H,6-10,13-18,20,23H2,1-5H3,(H,41,42). The Morgan fingerprint density at radius 3 is 2.38 bits per heavy atom. The highest BCUT2D eigenvalue weighted by Crippen LogP contribution is 2.58. The number of H-pyrrole nitrogens is 1. The highest BCUT2D eigenvalue weighted by Gasteiger charge is 2.51. The van der Waals surface area contributed by atoms with Crippen LogP contribution in [0.4, 0.5) is 5.82 Å². The number of methoxy groups -OCH3 is 1. The minimum Gasteiger partial charge on any atom is -0.496 e. The summed E-state index contributed by atoms with van der Waals surface area (Å²) in [6, 6.07) is 8.69. The minimum atomic E-state index is -0.132. The van der Waals surface area contributed by atoms with Crippen molar-refractivity contribution in [1.82, 2.24) is 20.2 Å². The number of amides is 1. The van der Waals surface area contributed by atoms with E-state index in [1.807, 2.05) is 24.1 Å². The maximum atomic E-state index is 14.6. The first kappa shape index (κ1) is 33.2. The fourth-order valence-electron chi connectivity index (χ4n) is 8.62. The number of carbonyl (C=O) groups is 2. The van der Waals surface area contributed by atoms with Crippen LogP contribution < -0.4 is 9.64 Å². The van der Waals surface area contributed by atoms with Crippen molar-refractivity contribution in [3.8, 4) is 17.0 Å². The number of hydrogen-bond acceptors (Lipinski definition) is 7. The Morgan fingerprint density at radius 1 is 1.02 bits per heavy atom. The number of benzene rings is 1. The van der Waals surface area contributed by atoms with Gasteiger partial charge in [0.15, 0.2) is 0 Å². The van der Waals surface area contributed by atoms with Gasteiger partial charge in [-0.25, -0.2) is 9.97 Å². The van der Waals surface area contributed by atoms with Gasteiger partial charge in [0.2, 0.25) is 5.91 Å². The molecule has 1 N–H and O–H groups in total. The molecule has 0 unspecified atom stereocenters. The van der Waals surface area contributed by atoms with Crippen LogP contribution in [-0.2, 0) is 19.7 Å². The molecule has 0 radical (unpaired) electrons. The summed E-state index contributed by atoms with van der Waals surface area (Å²) in [5.41, 5.74) is 5.62. The number of carbonyl (C=O) groups excluding carboxylic acids is 2. The number of aromatic amines is 1. The van der Waals surface area contributed by atoms with Gasteiger partial charge in [-0.2, -0.15) is 5.10 Å². The fraction of sp³-hybridized carbons (Fsp3) is 0.605. The van der Waals surface area contributed by atoms with Crippen molar-refractivity contribution in [2.45, 2.75) is 110 Å². The van der Waals surface area contributed by atoms with Crippen LogP contribution in [0.3, 0.4) is 0 Å². The molecule has 0 saturated heterocycles. The van der Waals surface area contributed by atoms with E-state index in [4.69, 9.17) is 14.5 Å². The molecule has 0 aliphatic heterocycles. The maximum absolute atomic E-state index is 14.6. The molecule has 9 heteroatoms. The molecule has 4 aliphatic rings. The predicted molar refractivity (Wildman–Crippen MR) is 182 cm³/mol. The van der Waals surface area contributed by atoms with Gasteiger partial charge in [-0.3, -0.25) is 19.6 Å². The second-order valence-electron chi connectivity index (χ2n) is 14.7. The van der Waals surface area contributed by atoms with E-state index in [1.165, 1.54) is 11.1 Å². The van der Waals surface area contributed by atoms with Crippen LogP contribution in [-0.4, -0.2) is 52.3 Å². The maximum Gasteiger partial charge on any atom is 0.306 e. The highest BCUT2D eigenvalue weighted by atomic mass is 16.5. The molecule has 0 atom stereocenters. The van der Waals surface area contributed by atoms with Crippen molar-refractivity contribution in [1.29, 1.82) is 0 Å². The van der Waals surface area contributed by atoms with Gasteiger partial charge < -0.3 is 9.47 Å². The quantitative estimate of drug-likeness (QED) is 0.214. The third-order valence-corrected chi connectivity index (χ3v) is 11.6. The summed E-state index contributed by atoms with van der Waals surface area (Å²) < 4.78 is 10.7. The summed E-state index contributed by atoms with van der Waals surface area (Å²) in [6.07, 6.45) is 13.8. The van der Waals surface area contributed by atoms with Crippen LogP contribution in [0.25, 0.3) is 11.3 Å². The number of ether oxygens (including phenoxy) is 2. The number of esters is 1. The minimum absolute atomic E-state index is 0.0594. The first-order chi connectivity index (χ1) is 22.7. The van der Waals surface area contributed by atoms with Crippen LogP contribution in [0.5, 0.6) is 5.75 Å². The third kappa shape index (κ3) is 6.81. The van der Waals surface area contributed by atoms with Crippen LogP contribution in [0, 0.1) is 24.2 Å². The van der Waals surface area contributed by atoms with Crippen molar-refractivity contribution >= 4 is 17.7 Å². The SMILES string of the molecule is CCOC(=O)CC1CCC(C(=O)N(CC23CCC(c4ccc(OC)c(C)c4)(CC2)CC3)c2cc(-c3cn[nH]c3C(C)C)ncn2)CC1. The van der Waals surface area contributed by atoms with E-state index in [-0.39, 0.29) is 40.5 Å². The topological polar surface area (TPSA) is 110 Å². The van der Waals surface area contributed by atoms with Crippen molar-refractivity contribution in [2.24, 2.45) is 17.3 Å². The number of rotatable bonds is 11. The largest absolute Gasteiger partial charge is 0.496 e. The summed E-state index contributed by atoms with van der Waals surface area (Å²) in [4.78, 5) is 38.1. The molecule has 47 heavy (non-hydrogen) atoms. The molecule has 0 spiro atoms. The molecule has 1 aromatic carbocycles. The molecule has 2 aromatic heterocycles. The Hall–Kier alpha value is -3.75. The van der Waals surface area contributed by atoms with Crippen molar-refractivity contribution in [2.75, 3.05) is 25.2 Å². The zero-order valence-corrected chi connectivity index (χ0v) is 28.8. The number of aryl methyl sites for hydroxylation is 1. The molecule has 4 saturated carbocycles. The van der Waals surface area contributed by atoms with Crippen molar-refractivity contribution in [3.63, 3.8) is 0 Å². The Labute approximate surface area is 279 Å². The molecule has 1 amide bonds. The zero-order valence-electron chi connectivity index (χ0n) is 28.8. The van der Waals surface area contributed by atoms with Crippen molar-refractivity contribution < 1.29 is 19.1 Å². The average Bonchev–Trinajstić information content (AvgIpc) is 3.59. The number of anilines is 1. The van der Waals surface area contributed by atoms with Crippen LogP contribution >= 0.6 is 0 Å². The normalized spacial score (nSPS) is 25.5.